The summed E-state index contributed by atoms with van der Waals surface area (Å²) in [4.78, 5) is 1.09. The van der Waals surface area contributed by atoms with E-state index in [0.29, 0.717) is 0 Å². The van der Waals surface area contributed by atoms with Crippen LogP contribution in [0.25, 0.3) is 0 Å². The standard InChI is InChI=1S/C13H13N3S/c1-10-3-7-13(8-4-10)17-16-12(9-14)6-5-11(2)15-16/h3-8,12H,1-2H3. The van der Waals surface area contributed by atoms with Gasteiger partial charge in [-0.25, -0.2) is 4.41 Å². The molecule has 1 unspecified atom stereocenters. The molecule has 4 heteroatoms. The number of hydrogen-bond acceptors (Lipinski definition) is 4. The van der Waals surface area contributed by atoms with Gasteiger partial charge in [-0.05, 0) is 38.1 Å². The summed E-state index contributed by atoms with van der Waals surface area (Å²) in [5.41, 5.74) is 2.14. The summed E-state index contributed by atoms with van der Waals surface area (Å²) in [6.45, 7) is 3.98. The predicted molar refractivity (Wildman–Crippen MR) is 70.5 cm³/mol. The average Bonchev–Trinajstić information content (AvgIpc) is 2.32. The van der Waals surface area contributed by atoms with E-state index in [1.807, 2.05) is 31.2 Å². The summed E-state index contributed by atoms with van der Waals surface area (Å²) in [6, 6.07) is 10.1. The molecule has 0 radical (unpaired) electrons. The first kappa shape index (κ1) is 11.7. The molecular weight excluding hydrogens is 230 g/mol. The zero-order chi connectivity index (χ0) is 12.3. The highest BCUT2D eigenvalue weighted by Gasteiger charge is 2.18. The number of rotatable bonds is 2. The molecule has 0 fully saturated rings. The van der Waals surface area contributed by atoms with Gasteiger partial charge in [-0.15, -0.1) is 0 Å². The highest BCUT2D eigenvalue weighted by Crippen LogP contribution is 2.27. The fourth-order valence-electron chi connectivity index (χ4n) is 1.43. The third kappa shape index (κ3) is 2.89. The van der Waals surface area contributed by atoms with Crippen LogP contribution in [-0.4, -0.2) is 16.2 Å². The number of nitriles is 1. The van der Waals surface area contributed by atoms with Gasteiger partial charge in [-0.1, -0.05) is 17.7 Å². The Labute approximate surface area is 106 Å². The zero-order valence-electron chi connectivity index (χ0n) is 9.79. The minimum Gasteiger partial charge on any atom is -0.213 e. The lowest BCUT2D eigenvalue weighted by molar-refractivity contribution is 0.487. The van der Waals surface area contributed by atoms with Crippen LogP contribution in [0.5, 0.6) is 0 Å². The van der Waals surface area contributed by atoms with Crippen LogP contribution in [0.4, 0.5) is 0 Å². The summed E-state index contributed by atoms with van der Waals surface area (Å²) in [5.74, 6) is 0. The minimum atomic E-state index is -0.301. The van der Waals surface area contributed by atoms with Crippen LogP contribution in [0.1, 0.15) is 12.5 Å². The second-order valence-electron chi connectivity index (χ2n) is 3.88. The summed E-state index contributed by atoms with van der Waals surface area (Å²) in [7, 11) is 0. The maximum atomic E-state index is 9.04. The van der Waals surface area contributed by atoms with Crippen molar-refractivity contribution in [3.05, 3.63) is 42.0 Å². The largest absolute Gasteiger partial charge is 0.213 e. The van der Waals surface area contributed by atoms with E-state index in [1.54, 1.807) is 4.41 Å². The van der Waals surface area contributed by atoms with E-state index in [2.05, 4.69) is 30.2 Å². The smallest absolute Gasteiger partial charge is 0.164 e. The lowest BCUT2D eigenvalue weighted by Gasteiger charge is -2.23. The molecule has 0 amide bonds. The van der Waals surface area contributed by atoms with Crippen molar-refractivity contribution >= 4 is 17.7 Å². The van der Waals surface area contributed by atoms with Gasteiger partial charge in [0.25, 0.3) is 0 Å². The summed E-state index contributed by atoms with van der Waals surface area (Å²) >= 11 is 1.48. The van der Waals surface area contributed by atoms with Crippen LogP contribution >= 0.6 is 11.9 Å². The van der Waals surface area contributed by atoms with Gasteiger partial charge in [-0.3, -0.25) is 0 Å². The highest BCUT2D eigenvalue weighted by atomic mass is 32.2. The van der Waals surface area contributed by atoms with Gasteiger partial charge >= 0.3 is 0 Å². The van der Waals surface area contributed by atoms with Gasteiger partial charge in [0, 0.05) is 16.8 Å². The molecule has 2 rings (SSSR count). The Bertz CT molecular complexity index is 496. The topological polar surface area (TPSA) is 39.4 Å². The molecule has 1 atom stereocenters. The first-order valence-corrected chi connectivity index (χ1v) is 6.13. The predicted octanol–water partition coefficient (Wildman–Crippen LogP) is 3.14. The minimum absolute atomic E-state index is 0.301. The van der Waals surface area contributed by atoms with Crippen molar-refractivity contribution in [2.75, 3.05) is 0 Å². The van der Waals surface area contributed by atoms with Gasteiger partial charge in [-0.2, -0.15) is 10.4 Å². The lowest BCUT2D eigenvalue weighted by Crippen LogP contribution is -2.25. The van der Waals surface area contributed by atoms with Crippen LogP contribution in [-0.2, 0) is 0 Å². The Morgan fingerprint density at radius 3 is 2.65 bits per heavy atom. The molecule has 1 aliphatic rings. The first-order valence-electron chi connectivity index (χ1n) is 5.36. The van der Waals surface area contributed by atoms with Crippen LogP contribution in [0.15, 0.2) is 46.4 Å². The first-order chi connectivity index (χ1) is 8.19. The fraction of sp³-hybridized carbons (Fsp3) is 0.231. The van der Waals surface area contributed by atoms with E-state index in [4.69, 9.17) is 5.26 Å². The number of nitrogens with zero attached hydrogens (tertiary/aromatic N) is 3. The van der Waals surface area contributed by atoms with Crippen molar-refractivity contribution < 1.29 is 0 Å². The molecule has 0 N–H and O–H groups in total. The van der Waals surface area contributed by atoms with Gasteiger partial charge < -0.3 is 0 Å². The third-order valence-corrected chi connectivity index (χ3v) is 3.34. The van der Waals surface area contributed by atoms with Gasteiger partial charge in [0.05, 0.1) is 11.8 Å². The average molecular weight is 243 g/mol. The Morgan fingerprint density at radius 2 is 2.00 bits per heavy atom. The molecule has 1 aromatic carbocycles. The third-order valence-electron chi connectivity index (χ3n) is 2.37. The SMILES string of the molecule is CC1=NN(Sc2ccc(C)cc2)C(C#N)C=C1. The van der Waals surface area contributed by atoms with Crippen LogP contribution < -0.4 is 0 Å². The lowest BCUT2D eigenvalue weighted by atomic mass is 10.2. The van der Waals surface area contributed by atoms with E-state index in [-0.39, 0.29) is 6.04 Å². The maximum Gasteiger partial charge on any atom is 0.164 e. The Balaban J connectivity index is 2.15. The fourth-order valence-corrected chi connectivity index (χ4v) is 2.31. The molecule has 1 aliphatic heterocycles. The van der Waals surface area contributed by atoms with E-state index < -0.39 is 0 Å². The molecule has 0 bridgehead atoms. The normalized spacial score (nSPS) is 18.8. The van der Waals surface area contributed by atoms with Crippen molar-refractivity contribution in [3.63, 3.8) is 0 Å². The molecule has 1 heterocycles. The number of hydrogen-bond donors (Lipinski definition) is 0. The van der Waals surface area contributed by atoms with Crippen molar-refractivity contribution in [2.24, 2.45) is 5.10 Å². The molecule has 0 aromatic heterocycles. The van der Waals surface area contributed by atoms with Crippen LogP contribution in [0.3, 0.4) is 0 Å². The number of allylic oxidation sites excluding steroid dienone is 1. The number of benzene rings is 1. The highest BCUT2D eigenvalue weighted by molar-refractivity contribution is 7.97. The molecule has 0 spiro atoms. The Kier molecular flexibility index (Phi) is 3.50. The molecular formula is C13H13N3S. The molecule has 0 aliphatic carbocycles. The van der Waals surface area contributed by atoms with Crippen molar-refractivity contribution in [2.45, 2.75) is 24.8 Å². The van der Waals surface area contributed by atoms with Crippen molar-refractivity contribution in [3.8, 4) is 6.07 Å². The zero-order valence-corrected chi connectivity index (χ0v) is 10.6. The number of hydrazone groups is 1. The van der Waals surface area contributed by atoms with E-state index >= 15 is 0 Å². The summed E-state index contributed by atoms with van der Waals surface area (Å²) in [5, 5.41) is 13.4. The van der Waals surface area contributed by atoms with Crippen molar-refractivity contribution in [1.82, 2.24) is 4.41 Å². The Morgan fingerprint density at radius 1 is 1.29 bits per heavy atom. The maximum absolute atomic E-state index is 9.04. The Hall–Kier alpha value is -1.73. The van der Waals surface area contributed by atoms with Crippen molar-refractivity contribution in [1.29, 1.82) is 5.26 Å². The monoisotopic (exact) mass is 243 g/mol. The van der Waals surface area contributed by atoms with Crippen LogP contribution in [0.2, 0.25) is 0 Å². The summed E-state index contributed by atoms with van der Waals surface area (Å²) in [6.07, 6.45) is 3.74. The second-order valence-corrected chi connectivity index (χ2v) is 4.91. The van der Waals surface area contributed by atoms with E-state index in [0.717, 1.165) is 10.6 Å². The molecule has 3 nitrogen and oxygen atoms in total. The van der Waals surface area contributed by atoms with Gasteiger partial charge in [0.2, 0.25) is 0 Å². The second kappa shape index (κ2) is 5.07. The van der Waals surface area contributed by atoms with Crippen LogP contribution in [0, 0.1) is 18.3 Å². The van der Waals surface area contributed by atoms with E-state index in [1.165, 1.54) is 17.5 Å². The van der Waals surface area contributed by atoms with E-state index in [9.17, 15) is 0 Å². The quantitative estimate of drug-likeness (QED) is 0.749. The molecule has 0 saturated heterocycles. The molecule has 0 saturated carbocycles. The van der Waals surface area contributed by atoms with Gasteiger partial charge in [0.1, 0.15) is 0 Å². The molecule has 86 valence electrons. The summed E-state index contributed by atoms with van der Waals surface area (Å²) < 4.78 is 1.74. The molecule has 1 aromatic rings. The van der Waals surface area contributed by atoms with Gasteiger partial charge in [0.15, 0.2) is 6.04 Å². The molecule has 17 heavy (non-hydrogen) atoms. The number of aryl methyl sites for hydroxylation is 1.